The number of aromatic nitrogens is 1. The first kappa shape index (κ1) is 11.2. The van der Waals surface area contributed by atoms with Crippen molar-refractivity contribution in [3.8, 4) is 5.69 Å². The Morgan fingerprint density at radius 2 is 1.82 bits per heavy atom. The van der Waals surface area contributed by atoms with Crippen LogP contribution in [0.5, 0.6) is 0 Å². The summed E-state index contributed by atoms with van der Waals surface area (Å²) >= 11 is 0. The van der Waals surface area contributed by atoms with E-state index < -0.39 is 0 Å². The van der Waals surface area contributed by atoms with Crippen LogP contribution in [0.15, 0.2) is 54.9 Å². The molecule has 0 aliphatic rings. The molecule has 2 aromatic rings. The molecule has 2 rings (SSSR count). The van der Waals surface area contributed by atoms with Crippen LogP contribution in [0.25, 0.3) is 11.8 Å². The molecule has 0 amide bonds. The van der Waals surface area contributed by atoms with Crippen molar-refractivity contribution < 1.29 is 9.53 Å². The molecule has 0 N–H and O–H groups in total. The highest BCUT2D eigenvalue weighted by molar-refractivity contribution is 5.86. The van der Waals surface area contributed by atoms with Gasteiger partial charge in [-0.05, 0) is 35.9 Å². The third kappa shape index (κ3) is 2.84. The summed E-state index contributed by atoms with van der Waals surface area (Å²) in [6, 6.07) is 11.9. The van der Waals surface area contributed by atoms with E-state index in [-0.39, 0.29) is 5.97 Å². The standard InChI is InChI=1S/C14H13NO2/c1-17-14(16)9-6-12-4-7-13(8-5-12)15-10-2-3-11-15/h2-11H,1H3/b9-6+. The molecule has 0 aliphatic carbocycles. The molecule has 0 bridgehead atoms. The molecule has 86 valence electrons. The molecule has 0 radical (unpaired) electrons. The van der Waals surface area contributed by atoms with Gasteiger partial charge < -0.3 is 9.30 Å². The number of benzene rings is 1. The Morgan fingerprint density at radius 3 is 2.41 bits per heavy atom. The number of carbonyl (C=O) groups excluding carboxylic acids is 1. The molecule has 1 aromatic carbocycles. The lowest BCUT2D eigenvalue weighted by Gasteiger charge is -2.02. The summed E-state index contributed by atoms with van der Waals surface area (Å²) in [6.07, 6.45) is 7.11. The van der Waals surface area contributed by atoms with Crippen LogP contribution in [-0.2, 0) is 9.53 Å². The SMILES string of the molecule is COC(=O)/C=C/c1ccc(-n2cccc2)cc1. The van der Waals surface area contributed by atoms with Crippen molar-refractivity contribution in [3.63, 3.8) is 0 Å². The number of carbonyl (C=O) groups is 1. The first-order chi connectivity index (χ1) is 8.29. The Kier molecular flexibility index (Phi) is 3.40. The van der Waals surface area contributed by atoms with Crippen molar-refractivity contribution in [3.05, 3.63) is 60.4 Å². The molecule has 0 saturated heterocycles. The molecule has 3 nitrogen and oxygen atoms in total. The lowest BCUT2D eigenvalue weighted by molar-refractivity contribution is -0.134. The summed E-state index contributed by atoms with van der Waals surface area (Å²) in [5.74, 6) is -0.348. The van der Waals surface area contributed by atoms with Gasteiger partial charge in [0.05, 0.1) is 7.11 Å². The molecule has 17 heavy (non-hydrogen) atoms. The van der Waals surface area contributed by atoms with Crippen LogP contribution in [0.2, 0.25) is 0 Å². The van der Waals surface area contributed by atoms with Crippen LogP contribution in [0.3, 0.4) is 0 Å². The van der Waals surface area contributed by atoms with Gasteiger partial charge in [0.25, 0.3) is 0 Å². The Morgan fingerprint density at radius 1 is 1.18 bits per heavy atom. The van der Waals surface area contributed by atoms with Gasteiger partial charge in [0.15, 0.2) is 0 Å². The normalized spacial score (nSPS) is 10.6. The Labute approximate surface area is 100.0 Å². The van der Waals surface area contributed by atoms with Gasteiger partial charge in [0.2, 0.25) is 0 Å². The highest BCUT2D eigenvalue weighted by atomic mass is 16.5. The maximum atomic E-state index is 10.9. The maximum Gasteiger partial charge on any atom is 0.330 e. The van der Waals surface area contributed by atoms with E-state index in [1.165, 1.54) is 13.2 Å². The highest BCUT2D eigenvalue weighted by Gasteiger charge is 1.95. The molecule has 0 fully saturated rings. The van der Waals surface area contributed by atoms with Crippen molar-refractivity contribution >= 4 is 12.0 Å². The van der Waals surface area contributed by atoms with E-state index in [1.54, 1.807) is 6.08 Å². The second-order valence-corrected chi connectivity index (χ2v) is 3.54. The predicted octanol–water partition coefficient (Wildman–Crippen LogP) is 2.66. The van der Waals surface area contributed by atoms with E-state index in [0.717, 1.165) is 11.3 Å². The van der Waals surface area contributed by atoms with Crippen LogP contribution < -0.4 is 0 Å². The molecule has 0 unspecified atom stereocenters. The van der Waals surface area contributed by atoms with E-state index in [2.05, 4.69) is 4.74 Å². The van der Waals surface area contributed by atoms with Crippen LogP contribution in [0, 0.1) is 0 Å². The summed E-state index contributed by atoms with van der Waals surface area (Å²) in [5, 5.41) is 0. The summed E-state index contributed by atoms with van der Waals surface area (Å²) in [4.78, 5) is 10.9. The number of methoxy groups -OCH3 is 1. The fraction of sp³-hybridized carbons (Fsp3) is 0.0714. The third-order valence-electron chi connectivity index (χ3n) is 2.41. The van der Waals surface area contributed by atoms with Crippen molar-refractivity contribution in [2.45, 2.75) is 0 Å². The topological polar surface area (TPSA) is 31.2 Å². The van der Waals surface area contributed by atoms with Gasteiger partial charge in [0.1, 0.15) is 0 Å². The zero-order valence-electron chi connectivity index (χ0n) is 9.54. The molecule has 1 heterocycles. The Balaban J connectivity index is 2.14. The first-order valence-corrected chi connectivity index (χ1v) is 5.29. The van der Waals surface area contributed by atoms with Crippen LogP contribution in [-0.4, -0.2) is 17.6 Å². The summed E-state index contributed by atoms with van der Waals surface area (Å²) in [7, 11) is 1.36. The van der Waals surface area contributed by atoms with E-state index in [0.29, 0.717) is 0 Å². The van der Waals surface area contributed by atoms with Crippen molar-refractivity contribution in [1.29, 1.82) is 0 Å². The zero-order chi connectivity index (χ0) is 12.1. The second-order valence-electron chi connectivity index (χ2n) is 3.54. The summed E-state index contributed by atoms with van der Waals surface area (Å²) in [6.45, 7) is 0. The number of ether oxygens (including phenoxy) is 1. The summed E-state index contributed by atoms with van der Waals surface area (Å²) in [5.41, 5.74) is 2.05. The van der Waals surface area contributed by atoms with Crippen molar-refractivity contribution in [1.82, 2.24) is 4.57 Å². The third-order valence-corrected chi connectivity index (χ3v) is 2.41. The predicted molar refractivity (Wildman–Crippen MR) is 66.8 cm³/mol. The van der Waals surface area contributed by atoms with Crippen LogP contribution in [0.4, 0.5) is 0 Å². The molecule has 0 saturated carbocycles. The van der Waals surface area contributed by atoms with Crippen LogP contribution >= 0.6 is 0 Å². The van der Waals surface area contributed by atoms with E-state index in [9.17, 15) is 4.79 Å². The first-order valence-electron chi connectivity index (χ1n) is 5.29. The van der Waals surface area contributed by atoms with Gasteiger partial charge in [-0.3, -0.25) is 0 Å². The maximum absolute atomic E-state index is 10.9. The average molecular weight is 227 g/mol. The minimum Gasteiger partial charge on any atom is -0.466 e. The smallest absolute Gasteiger partial charge is 0.330 e. The second kappa shape index (κ2) is 5.16. The Bertz CT molecular complexity index is 510. The van der Waals surface area contributed by atoms with E-state index >= 15 is 0 Å². The monoisotopic (exact) mass is 227 g/mol. The average Bonchev–Trinajstić information content (AvgIpc) is 2.90. The largest absolute Gasteiger partial charge is 0.466 e. The lowest BCUT2D eigenvalue weighted by Crippen LogP contribution is -1.93. The quantitative estimate of drug-likeness (QED) is 0.596. The van der Waals surface area contributed by atoms with Crippen molar-refractivity contribution in [2.24, 2.45) is 0 Å². The minimum absolute atomic E-state index is 0.348. The molecule has 0 aliphatic heterocycles. The van der Waals surface area contributed by atoms with Gasteiger partial charge >= 0.3 is 5.97 Å². The number of hydrogen-bond donors (Lipinski definition) is 0. The Hall–Kier alpha value is -2.29. The van der Waals surface area contributed by atoms with Gasteiger partial charge in [-0.15, -0.1) is 0 Å². The molecule has 1 aromatic heterocycles. The minimum atomic E-state index is -0.348. The molecule has 3 heteroatoms. The number of nitrogens with zero attached hydrogens (tertiary/aromatic N) is 1. The molecule has 0 atom stereocenters. The summed E-state index contributed by atoms with van der Waals surface area (Å²) < 4.78 is 6.55. The number of esters is 1. The van der Waals surface area contributed by atoms with Crippen LogP contribution in [0.1, 0.15) is 5.56 Å². The van der Waals surface area contributed by atoms with E-state index in [4.69, 9.17) is 0 Å². The molecular weight excluding hydrogens is 214 g/mol. The zero-order valence-corrected chi connectivity index (χ0v) is 9.54. The van der Waals surface area contributed by atoms with Crippen molar-refractivity contribution in [2.75, 3.05) is 7.11 Å². The van der Waals surface area contributed by atoms with Gasteiger partial charge in [-0.1, -0.05) is 12.1 Å². The number of hydrogen-bond acceptors (Lipinski definition) is 2. The van der Waals surface area contributed by atoms with Gasteiger partial charge in [-0.2, -0.15) is 0 Å². The number of rotatable bonds is 3. The fourth-order valence-electron chi connectivity index (χ4n) is 1.50. The lowest BCUT2D eigenvalue weighted by atomic mass is 10.2. The van der Waals surface area contributed by atoms with E-state index in [1.807, 2.05) is 53.4 Å². The molecule has 0 spiro atoms. The molecular formula is C14H13NO2. The highest BCUT2D eigenvalue weighted by Crippen LogP contribution is 2.11. The fourth-order valence-corrected chi connectivity index (χ4v) is 1.50. The van der Waals surface area contributed by atoms with Gasteiger partial charge in [-0.25, -0.2) is 4.79 Å². The van der Waals surface area contributed by atoms with Gasteiger partial charge in [0, 0.05) is 24.2 Å².